The Bertz CT molecular complexity index is 1460. The summed E-state index contributed by atoms with van der Waals surface area (Å²) >= 11 is 0. The predicted molar refractivity (Wildman–Crippen MR) is 133 cm³/mol. The van der Waals surface area contributed by atoms with Gasteiger partial charge in [0.25, 0.3) is 0 Å². The van der Waals surface area contributed by atoms with Gasteiger partial charge in [0.1, 0.15) is 28.8 Å². The number of hydrogen-bond donors (Lipinski definition) is 0. The lowest BCUT2D eigenvalue weighted by molar-refractivity contribution is -0.189. The predicted octanol–water partition coefficient (Wildman–Crippen LogP) is 9.49. The van der Waals surface area contributed by atoms with Crippen molar-refractivity contribution in [2.24, 2.45) is 0 Å². The van der Waals surface area contributed by atoms with E-state index >= 15 is 0 Å². The summed E-state index contributed by atoms with van der Waals surface area (Å²) in [5.74, 6) is -9.90. The molecule has 40 heavy (non-hydrogen) atoms. The highest BCUT2D eigenvalue weighted by Crippen LogP contribution is 2.39. The monoisotopic (exact) mass is 566 g/mol. The van der Waals surface area contributed by atoms with Crippen LogP contribution in [0.15, 0.2) is 66.7 Å². The number of unbranched alkanes of at least 4 members (excludes halogenated alkanes) is 1. The van der Waals surface area contributed by atoms with Gasteiger partial charge in [0.05, 0.1) is 0 Å². The molecule has 4 aromatic rings. The molecule has 0 saturated heterocycles. The fourth-order valence-corrected chi connectivity index (χ4v) is 4.17. The molecule has 0 aliphatic heterocycles. The minimum Gasteiger partial charge on any atom is -0.457 e. The molecule has 0 unspecified atom stereocenters. The molecule has 0 aliphatic rings. The van der Waals surface area contributed by atoms with Crippen molar-refractivity contribution in [3.8, 4) is 33.8 Å². The van der Waals surface area contributed by atoms with E-state index in [1.54, 1.807) is 0 Å². The molecule has 4 aromatic carbocycles. The number of halogens is 8. The zero-order valence-electron chi connectivity index (χ0n) is 21.0. The third-order valence-electron chi connectivity index (χ3n) is 6.14. The lowest BCUT2D eigenvalue weighted by Gasteiger charge is -2.20. The quantitative estimate of drug-likeness (QED) is 0.178. The molecule has 210 valence electrons. The van der Waals surface area contributed by atoms with E-state index in [1.165, 1.54) is 12.1 Å². The summed E-state index contributed by atoms with van der Waals surface area (Å²) in [6, 6.07) is 12.9. The Hall–Kier alpha value is -4.08. The van der Waals surface area contributed by atoms with E-state index in [2.05, 4.69) is 16.4 Å². The van der Waals surface area contributed by atoms with E-state index in [4.69, 9.17) is 0 Å². The maximum Gasteiger partial charge on any atom is 0.432 e. The van der Waals surface area contributed by atoms with E-state index in [0.717, 1.165) is 30.9 Å². The van der Waals surface area contributed by atoms with Gasteiger partial charge in [0.15, 0.2) is 17.4 Å². The van der Waals surface area contributed by atoms with Crippen LogP contribution in [0, 0.1) is 29.1 Å². The standard InChI is InChI=1S/C30H22F8O2/c1-2-3-4-17-5-7-18(8-6-17)19-9-10-22(23(32)11-19)20-12-24(33)28(25(34)13-20)30(37,38)40-21-14-26(35)29(39-16-31)27(36)15-21/h5-15H,2-4,16H2,1H3. The lowest BCUT2D eigenvalue weighted by atomic mass is 9.97. The van der Waals surface area contributed by atoms with Crippen LogP contribution in [0.1, 0.15) is 30.9 Å². The Morgan fingerprint density at radius 1 is 0.675 bits per heavy atom. The Morgan fingerprint density at radius 3 is 1.80 bits per heavy atom. The van der Waals surface area contributed by atoms with E-state index in [1.807, 2.05) is 24.3 Å². The number of rotatable bonds is 10. The molecule has 0 radical (unpaired) electrons. The van der Waals surface area contributed by atoms with Crippen LogP contribution in [0.2, 0.25) is 0 Å². The fourth-order valence-electron chi connectivity index (χ4n) is 4.17. The van der Waals surface area contributed by atoms with Crippen molar-refractivity contribution in [2.45, 2.75) is 32.3 Å². The van der Waals surface area contributed by atoms with E-state index in [0.29, 0.717) is 23.3 Å². The van der Waals surface area contributed by atoms with Crippen LogP contribution < -0.4 is 9.47 Å². The van der Waals surface area contributed by atoms with Gasteiger partial charge < -0.3 is 9.47 Å². The van der Waals surface area contributed by atoms with E-state index in [9.17, 15) is 35.1 Å². The summed E-state index contributed by atoms with van der Waals surface area (Å²) < 4.78 is 122. The summed E-state index contributed by atoms with van der Waals surface area (Å²) in [5, 5.41) is 0. The summed E-state index contributed by atoms with van der Waals surface area (Å²) in [5.41, 5.74) is -0.118. The molecule has 0 saturated carbocycles. The molecule has 4 rings (SSSR count). The molecule has 0 amide bonds. The maximum atomic E-state index is 15.0. The molecule has 10 heteroatoms. The van der Waals surface area contributed by atoms with E-state index in [-0.39, 0.29) is 23.3 Å². The molecule has 0 bridgehead atoms. The molecular formula is C30H22F8O2. The van der Waals surface area contributed by atoms with Crippen molar-refractivity contribution in [2.75, 3.05) is 6.86 Å². The van der Waals surface area contributed by atoms with Crippen molar-refractivity contribution in [3.63, 3.8) is 0 Å². The Kier molecular flexibility index (Phi) is 8.66. The summed E-state index contributed by atoms with van der Waals surface area (Å²) in [4.78, 5) is 0. The summed E-state index contributed by atoms with van der Waals surface area (Å²) in [7, 11) is 0. The third-order valence-corrected chi connectivity index (χ3v) is 6.14. The fraction of sp³-hybridized carbons (Fsp3) is 0.200. The van der Waals surface area contributed by atoms with Crippen LogP contribution in [0.25, 0.3) is 22.3 Å². The molecule has 0 aliphatic carbocycles. The highest BCUT2D eigenvalue weighted by atomic mass is 19.3. The summed E-state index contributed by atoms with van der Waals surface area (Å²) in [6.07, 6.45) is -1.74. The number of ether oxygens (including phenoxy) is 2. The minimum atomic E-state index is -4.74. The first-order valence-corrected chi connectivity index (χ1v) is 12.2. The largest absolute Gasteiger partial charge is 0.457 e. The lowest BCUT2D eigenvalue weighted by Crippen LogP contribution is -2.25. The van der Waals surface area contributed by atoms with Gasteiger partial charge in [-0.25, -0.2) is 26.3 Å². The average molecular weight is 566 g/mol. The van der Waals surface area contributed by atoms with Crippen LogP contribution in [0.3, 0.4) is 0 Å². The third kappa shape index (κ3) is 6.21. The SMILES string of the molecule is CCCCc1ccc(-c2ccc(-c3cc(F)c(C(F)(F)Oc4cc(F)c(OCF)c(F)c4)c(F)c3)c(F)c2)cc1. The number of aryl methyl sites for hydroxylation is 1. The van der Waals surface area contributed by atoms with Gasteiger partial charge in [-0.15, -0.1) is 0 Å². The normalized spacial score (nSPS) is 11.5. The van der Waals surface area contributed by atoms with Gasteiger partial charge in [-0.1, -0.05) is 49.7 Å². The molecular weight excluding hydrogens is 544 g/mol. The number of benzene rings is 4. The average Bonchev–Trinajstić information content (AvgIpc) is 2.89. The Labute approximate surface area is 224 Å². The van der Waals surface area contributed by atoms with Gasteiger partial charge in [0.2, 0.25) is 6.86 Å². The van der Waals surface area contributed by atoms with Crippen LogP contribution in [0.4, 0.5) is 35.1 Å². The van der Waals surface area contributed by atoms with E-state index < -0.39 is 59.1 Å². The first kappa shape index (κ1) is 28.9. The van der Waals surface area contributed by atoms with Crippen LogP contribution >= 0.6 is 0 Å². The van der Waals surface area contributed by atoms with Crippen LogP contribution in [-0.2, 0) is 12.5 Å². The highest BCUT2D eigenvalue weighted by Gasteiger charge is 2.41. The van der Waals surface area contributed by atoms with Crippen LogP contribution in [0.5, 0.6) is 11.5 Å². The molecule has 0 N–H and O–H groups in total. The van der Waals surface area contributed by atoms with Crippen molar-refractivity contribution < 1.29 is 44.6 Å². The summed E-state index contributed by atoms with van der Waals surface area (Å²) in [6.45, 7) is 0.490. The maximum absolute atomic E-state index is 15.0. The van der Waals surface area contributed by atoms with Gasteiger partial charge in [-0.2, -0.15) is 8.78 Å². The highest BCUT2D eigenvalue weighted by molar-refractivity contribution is 5.71. The number of alkyl halides is 3. The molecule has 0 aromatic heterocycles. The van der Waals surface area contributed by atoms with Crippen molar-refractivity contribution in [1.29, 1.82) is 0 Å². The molecule has 0 fully saturated rings. The second-order valence-electron chi connectivity index (χ2n) is 8.90. The van der Waals surface area contributed by atoms with Crippen molar-refractivity contribution in [3.05, 3.63) is 107 Å². The van der Waals surface area contributed by atoms with Gasteiger partial charge in [-0.05, 0) is 53.3 Å². The Balaban J connectivity index is 1.60. The van der Waals surface area contributed by atoms with Gasteiger partial charge in [-0.3, -0.25) is 0 Å². The second kappa shape index (κ2) is 12.0. The topological polar surface area (TPSA) is 18.5 Å². The second-order valence-corrected chi connectivity index (χ2v) is 8.90. The molecule has 2 nitrogen and oxygen atoms in total. The van der Waals surface area contributed by atoms with Gasteiger partial charge in [0, 0.05) is 17.7 Å². The first-order valence-electron chi connectivity index (χ1n) is 12.2. The zero-order valence-corrected chi connectivity index (χ0v) is 21.0. The van der Waals surface area contributed by atoms with Crippen LogP contribution in [-0.4, -0.2) is 6.86 Å². The van der Waals surface area contributed by atoms with Crippen molar-refractivity contribution in [1.82, 2.24) is 0 Å². The Morgan fingerprint density at radius 2 is 1.25 bits per heavy atom. The molecule has 0 atom stereocenters. The first-order chi connectivity index (χ1) is 19.0. The smallest absolute Gasteiger partial charge is 0.432 e. The molecule has 0 heterocycles. The minimum absolute atomic E-state index is 0.238. The zero-order chi connectivity index (χ0) is 29.0. The van der Waals surface area contributed by atoms with Gasteiger partial charge >= 0.3 is 6.11 Å². The van der Waals surface area contributed by atoms with Crippen molar-refractivity contribution >= 4 is 0 Å². The molecule has 0 spiro atoms. The number of hydrogen-bond acceptors (Lipinski definition) is 2.